The molecule has 7 heteroatoms. The minimum absolute atomic E-state index is 0.0937. The van der Waals surface area contributed by atoms with Crippen LogP contribution in [0.15, 0.2) is 85.5 Å². The molecule has 2 aromatic carbocycles. The normalized spacial score (nSPS) is 17.2. The number of amides is 1. The Morgan fingerprint density at radius 2 is 1.85 bits per heavy atom. The number of hydrogen-bond acceptors (Lipinski definition) is 5. The summed E-state index contributed by atoms with van der Waals surface area (Å²) in [7, 11) is 0. The van der Waals surface area contributed by atoms with E-state index in [9.17, 15) is 14.7 Å². The van der Waals surface area contributed by atoms with Crippen LogP contribution in [-0.4, -0.2) is 44.4 Å². The third kappa shape index (κ3) is 4.78. The molecule has 3 aromatic rings. The molecule has 174 valence electrons. The number of carbonyl (C=O) groups excluding carboxylic acids is 2. The molecule has 1 atom stereocenters. The number of rotatable bonds is 9. The van der Waals surface area contributed by atoms with E-state index < -0.39 is 17.7 Å². The summed E-state index contributed by atoms with van der Waals surface area (Å²) >= 11 is 0. The molecule has 7 nitrogen and oxygen atoms in total. The highest BCUT2D eigenvalue weighted by Gasteiger charge is 2.45. The molecule has 1 aromatic heterocycles. The molecule has 1 saturated heterocycles. The quantitative estimate of drug-likeness (QED) is 0.225. The van der Waals surface area contributed by atoms with Crippen LogP contribution in [0.4, 0.5) is 0 Å². The summed E-state index contributed by atoms with van der Waals surface area (Å²) in [5, 5.41) is 11.1. The van der Waals surface area contributed by atoms with Crippen molar-refractivity contribution in [3.63, 3.8) is 0 Å². The zero-order valence-corrected chi connectivity index (χ0v) is 19.1. The van der Waals surface area contributed by atoms with E-state index in [0.29, 0.717) is 37.4 Å². The predicted molar refractivity (Wildman–Crippen MR) is 129 cm³/mol. The van der Waals surface area contributed by atoms with Gasteiger partial charge in [0.2, 0.25) is 0 Å². The van der Waals surface area contributed by atoms with Gasteiger partial charge in [-0.3, -0.25) is 9.59 Å². The standard InChI is InChI=1S/C27H27N3O4/c1-3-17-34-22-11-9-20(10-12-22)24-23(25(31)21-7-5-19(2)6-8-21)26(32)27(33)30(24)15-4-14-29-16-13-28-18-29/h3,5-13,16,18,24,31H,1,4,14-15,17H2,2H3/b25-23+/t24-/m0/s1. The van der Waals surface area contributed by atoms with Crippen molar-refractivity contribution in [1.29, 1.82) is 0 Å². The number of Topliss-reactive ketones (excluding diaryl/α,β-unsaturated/α-hetero) is 1. The number of nitrogens with zero attached hydrogens (tertiary/aromatic N) is 3. The van der Waals surface area contributed by atoms with Crippen LogP contribution in [0.1, 0.15) is 29.2 Å². The lowest BCUT2D eigenvalue weighted by atomic mass is 9.95. The number of aromatic nitrogens is 2. The van der Waals surface area contributed by atoms with E-state index in [2.05, 4.69) is 11.6 Å². The smallest absolute Gasteiger partial charge is 0.295 e. The summed E-state index contributed by atoms with van der Waals surface area (Å²) in [6.45, 7) is 6.97. The number of hydrogen-bond donors (Lipinski definition) is 1. The number of aryl methyl sites for hydroxylation is 2. The average molecular weight is 458 g/mol. The van der Waals surface area contributed by atoms with Gasteiger partial charge in [0.1, 0.15) is 18.1 Å². The van der Waals surface area contributed by atoms with Gasteiger partial charge in [-0.05, 0) is 31.0 Å². The summed E-state index contributed by atoms with van der Waals surface area (Å²) in [5.74, 6) is -0.819. The number of benzene rings is 2. The second-order valence-corrected chi connectivity index (χ2v) is 8.18. The van der Waals surface area contributed by atoms with Crippen molar-refractivity contribution < 1.29 is 19.4 Å². The predicted octanol–water partition coefficient (Wildman–Crippen LogP) is 4.27. The summed E-state index contributed by atoms with van der Waals surface area (Å²) in [6.07, 6.45) is 7.55. The lowest BCUT2D eigenvalue weighted by molar-refractivity contribution is -0.139. The zero-order valence-electron chi connectivity index (χ0n) is 19.1. The third-order valence-electron chi connectivity index (χ3n) is 5.80. The largest absolute Gasteiger partial charge is 0.507 e. The Morgan fingerprint density at radius 1 is 1.12 bits per heavy atom. The molecule has 0 unspecified atom stereocenters. The van der Waals surface area contributed by atoms with Crippen LogP contribution in [0.5, 0.6) is 5.75 Å². The fourth-order valence-corrected chi connectivity index (χ4v) is 4.07. The first-order valence-electron chi connectivity index (χ1n) is 11.1. The van der Waals surface area contributed by atoms with E-state index in [4.69, 9.17) is 4.74 Å². The van der Waals surface area contributed by atoms with E-state index >= 15 is 0 Å². The molecule has 4 rings (SSSR count). The highest BCUT2D eigenvalue weighted by Crippen LogP contribution is 2.40. The Labute approximate surface area is 198 Å². The first-order chi connectivity index (χ1) is 16.5. The molecular weight excluding hydrogens is 430 g/mol. The first kappa shape index (κ1) is 23.0. The molecule has 0 radical (unpaired) electrons. The van der Waals surface area contributed by atoms with Gasteiger partial charge in [0.15, 0.2) is 0 Å². The fraction of sp³-hybridized carbons (Fsp3) is 0.222. The molecule has 1 fully saturated rings. The molecule has 0 spiro atoms. The molecular formula is C27H27N3O4. The highest BCUT2D eigenvalue weighted by molar-refractivity contribution is 6.46. The summed E-state index contributed by atoms with van der Waals surface area (Å²) in [6, 6.07) is 13.7. The summed E-state index contributed by atoms with van der Waals surface area (Å²) in [5.41, 5.74) is 2.35. The Kier molecular flexibility index (Phi) is 6.92. The van der Waals surface area contributed by atoms with Crippen molar-refractivity contribution in [2.24, 2.45) is 0 Å². The minimum atomic E-state index is -0.697. The molecule has 2 heterocycles. The molecule has 1 aliphatic rings. The van der Waals surface area contributed by atoms with Gasteiger partial charge in [-0.15, -0.1) is 0 Å². The lowest BCUT2D eigenvalue weighted by Crippen LogP contribution is -2.31. The van der Waals surface area contributed by atoms with E-state index in [-0.39, 0.29) is 11.3 Å². The number of aliphatic hydroxyl groups is 1. The number of ketones is 1. The maximum absolute atomic E-state index is 13.1. The zero-order chi connectivity index (χ0) is 24.1. The summed E-state index contributed by atoms with van der Waals surface area (Å²) < 4.78 is 7.49. The monoisotopic (exact) mass is 457 g/mol. The van der Waals surface area contributed by atoms with E-state index in [1.54, 1.807) is 47.8 Å². The Balaban J connectivity index is 1.70. The van der Waals surface area contributed by atoms with Gasteiger partial charge >= 0.3 is 0 Å². The molecule has 1 aliphatic heterocycles. The van der Waals surface area contributed by atoms with Crippen LogP contribution in [-0.2, 0) is 16.1 Å². The molecule has 0 bridgehead atoms. The molecule has 0 aliphatic carbocycles. The minimum Gasteiger partial charge on any atom is -0.507 e. The van der Waals surface area contributed by atoms with Gasteiger partial charge in [-0.1, -0.05) is 54.6 Å². The highest BCUT2D eigenvalue weighted by atomic mass is 16.5. The van der Waals surface area contributed by atoms with Crippen molar-refractivity contribution in [3.05, 3.63) is 102 Å². The molecule has 1 amide bonds. The number of likely N-dealkylation sites (tertiary alicyclic amines) is 1. The van der Waals surface area contributed by atoms with Gasteiger partial charge in [0, 0.05) is 31.0 Å². The Morgan fingerprint density at radius 3 is 2.50 bits per heavy atom. The van der Waals surface area contributed by atoms with Crippen LogP contribution in [0, 0.1) is 6.92 Å². The fourth-order valence-electron chi connectivity index (χ4n) is 4.07. The van der Waals surface area contributed by atoms with E-state index in [1.165, 1.54) is 0 Å². The Hall–Kier alpha value is -4.13. The number of aliphatic hydroxyl groups excluding tert-OH is 1. The van der Waals surface area contributed by atoms with Crippen molar-refractivity contribution in [3.8, 4) is 5.75 Å². The van der Waals surface area contributed by atoms with Crippen molar-refractivity contribution in [1.82, 2.24) is 14.5 Å². The van der Waals surface area contributed by atoms with Crippen molar-refractivity contribution in [2.45, 2.75) is 25.9 Å². The summed E-state index contributed by atoms with van der Waals surface area (Å²) in [4.78, 5) is 31.8. The second kappa shape index (κ2) is 10.2. The Bertz CT molecular complexity index is 1200. The second-order valence-electron chi connectivity index (χ2n) is 8.18. The molecule has 0 saturated carbocycles. The maximum Gasteiger partial charge on any atom is 0.295 e. The van der Waals surface area contributed by atoms with Crippen LogP contribution >= 0.6 is 0 Å². The van der Waals surface area contributed by atoms with Crippen molar-refractivity contribution in [2.75, 3.05) is 13.2 Å². The van der Waals surface area contributed by atoms with Crippen molar-refractivity contribution >= 4 is 17.4 Å². The van der Waals surface area contributed by atoms with Crippen LogP contribution < -0.4 is 4.74 Å². The topological polar surface area (TPSA) is 84.7 Å². The SMILES string of the molecule is C=CCOc1ccc([C@H]2/C(=C(\O)c3ccc(C)cc3)C(=O)C(=O)N2CCCn2ccnc2)cc1. The van der Waals surface area contributed by atoms with Crippen LogP contribution in [0.25, 0.3) is 5.76 Å². The van der Waals surface area contributed by atoms with Crippen LogP contribution in [0.3, 0.4) is 0 Å². The van der Waals surface area contributed by atoms with Crippen LogP contribution in [0.2, 0.25) is 0 Å². The average Bonchev–Trinajstić information content (AvgIpc) is 3.45. The maximum atomic E-state index is 13.1. The number of ether oxygens (including phenoxy) is 1. The molecule has 34 heavy (non-hydrogen) atoms. The number of carbonyl (C=O) groups is 2. The van der Waals surface area contributed by atoms with E-state index in [0.717, 1.165) is 11.1 Å². The van der Waals surface area contributed by atoms with Gasteiger partial charge in [0.25, 0.3) is 11.7 Å². The van der Waals surface area contributed by atoms with Gasteiger partial charge in [0.05, 0.1) is 17.9 Å². The van der Waals surface area contributed by atoms with Gasteiger partial charge in [-0.25, -0.2) is 4.98 Å². The third-order valence-corrected chi connectivity index (χ3v) is 5.80. The van der Waals surface area contributed by atoms with E-state index in [1.807, 2.05) is 42.0 Å². The molecule has 1 N–H and O–H groups in total. The number of imidazole rings is 1. The van der Waals surface area contributed by atoms with Gasteiger partial charge in [-0.2, -0.15) is 0 Å². The first-order valence-corrected chi connectivity index (χ1v) is 11.1. The lowest BCUT2D eigenvalue weighted by Gasteiger charge is -2.25. The van der Waals surface area contributed by atoms with Gasteiger partial charge < -0.3 is 19.3 Å².